The lowest BCUT2D eigenvalue weighted by Crippen LogP contribution is -2.40. The van der Waals surface area contributed by atoms with Crippen LogP contribution in [-0.4, -0.2) is 44.9 Å². The Balaban J connectivity index is 2.29. The van der Waals surface area contributed by atoms with Gasteiger partial charge in [0, 0.05) is 7.05 Å². The fourth-order valence-electron chi connectivity index (χ4n) is 2.34. The fourth-order valence-corrected chi connectivity index (χ4v) is 3.59. The molecule has 0 aromatic heterocycles. The lowest BCUT2D eigenvalue weighted by atomic mass is 10.0. The van der Waals surface area contributed by atoms with Crippen molar-refractivity contribution in [1.29, 1.82) is 0 Å². The summed E-state index contributed by atoms with van der Waals surface area (Å²) < 4.78 is 30.3. The minimum Gasteiger partial charge on any atom is -0.486 e. The van der Waals surface area contributed by atoms with Gasteiger partial charge in [-0.3, -0.25) is 4.79 Å². The Morgan fingerprint density at radius 3 is 2.73 bits per heavy atom. The summed E-state index contributed by atoms with van der Waals surface area (Å²) in [6.07, 6.45) is -0.340. The molecule has 0 bridgehead atoms. The van der Waals surface area contributed by atoms with Crippen LogP contribution in [0.3, 0.4) is 0 Å². The van der Waals surface area contributed by atoms with E-state index in [2.05, 4.69) is 13.8 Å². The summed E-state index contributed by atoms with van der Waals surface area (Å²) in [5, 5.41) is 8.65. The van der Waals surface area contributed by atoms with Crippen molar-refractivity contribution in [2.75, 3.05) is 24.2 Å². The third-order valence-corrected chi connectivity index (χ3v) is 5.47. The molecule has 1 heterocycles. The SMILES string of the molecule is CC(C)C1CN(C)c2cc(S(=O)(=O)CCC(=O)O)ccc2O1. The average molecular weight is 327 g/mol. The molecule has 0 saturated carbocycles. The highest BCUT2D eigenvalue weighted by Gasteiger charge is 2.27. The summed E-state index contributed by atoms with van der Waals surface area (Å²) in [6, 6.07) is 4.68. The number of rotatable bonds is 5. The first kappa shape index (κ1) is 16.6. The third kappa shape index (κ3) is 3.52. The summed E-state index contributed by atoms with van der Waals surface area (Å²) in [6.45, 7) is 4.84. The van der Waals surface area contributed by atoms with Crippen LogP contribution in [0, 0.1) is 5.92 Å². The van der Waals surface area contributed by atoms with Gasteiger partial charge in [-0.25, -0.2) is 8.42 Å². The van der Waals surface area contributed by atoms with Crippen molar-refractivity contribution in [2.45, 2.75) is 31.3 Å². The Morgan fingerprint density at radius 2 is 2.14 bits per heavy atom. The van der Waals surface area contributed by atoms with Crippen molar-refractivity contribution in [2.24, 2.45) is 5.92 Å². The number of aliphatic carboxylic acids is 1. The molecule has 0 aliphatic carbocycles. The van der Waals surface area contributed by atoms with Crippen molar-refractivity contribution in [3.8, 4) is 5.75 Å². The van der Waals surface area contributed by atoms with Gasteiger partial charge in [0.05, 0.1) is 29.3 Å². The number of carboxylic acid groups (broad SMARTS) is 1. The fraction of sp³-hybridized carbons (Fsp3) is 0.533. The predicted molar refractivity (Wildman–Crippen MR) is 83.3 cm³/mol. The molecule has 0 spiro atoms. The van der Waals surface area contributed by atoms with E-state index in [1.165, 1.54) is 6.07 Å². The van der Waals surface area contributed by atoms with Crippen LogP contribution in [0.5, 0.6) is 5.75 Å². The van der Waals surface area contributed by atoms with Crippen LogP contribution in [0.4, 0.5) is 5.69 Å². The number of sulfone groups is 1. The van der Waals surface area contributed by atoms with E-state index in [1.807, 2.05) is 11.9 Å². The first-order valence-corrected chi connectivity index (χ1v) is 8.82. The van der Waals surface area contributed by atoms with Crippen LogP contribution in [0.2, 0.25) is 0 Å². The zero-order valence-corrected chi connectivity index (χ0v) is 13.8. The molecule has 1 atom stereocenters. The van der Waals surface area contributed by atoms with E-state index in [0.717, 1.165) is 0 Å². The monoisotopic (exact) mass is 327 g/mol. The van der Waals surface area contributed by atoms with Crippen molar-refractivity contribution in [1.82, 2.24) is 0 Å². The normalized spacial score (nSPS) is 18.0. The zero-order valence-electron chi connectivity index (χ0n) is 12.9. The van der Waals surface area contributed by atoms with Crippen molar-refractivity contribution in [3.63, 3.8) is 0 Å². The lowest BCUT2D eigenvalue weighted by Gasteiger charge is -2.36. The molecule has 1 aromatic carbocycles. The Hall–Kier alpha value is -1.76. The third-order valence-electron chi connectivity index (χ3n) is 3.76. The van der Waals surface area contributed by atoms with Gasteiger partial charge >= 0.3 is 5.97 Å². The molecule has 0 saturated heterocycles. The highest BCUT2D eigenvalue weighted by Crippen LogP contribution is 2.36. The molecule has 1 N–H and O–H groups in total. The van der Waals surface area contributed by atoms with Crippen LogP contribution >= 0.6 is 0 Å². The first-order chi connectivity index (χ1) is 10.2. The van der Waals surface area contributed by atoms with E-state index < -0.39 is 28.0 Å². The summed E-state index contributed by atoms with van der Waals surface area (Å²) in [4.78, 5) is 12.7. The predicted octanol–water partition coefficient (Wildman–Crippen LogP) is 1.79. The summed E-state index contributed by atoms with van der Waals surface area (Å²) >= 11 is 0. The number of likely N-dealkylation sites (N-methyl/N-ethyl adjacent to an activating group) is 1. The molecule has 7 heteroatoms. The molecular weight excluding hydrogens is 306 g/mol. The molecule has 1 aromatic rings. The molecule has 6 nitrogen and oxygen atoms in total. The topological polar surface area (TPSA) is 83.9 Å². The molecule has 0 amide bonds. The van der Waals surface area contributed by atoms with E-state index in [-0.39, 0.29) is 11.0 Å². The zero-order chi connectivity index (χ0) is 16.5. The Kier molecular flexibility index (Phi) is 4.65. The first-order valence-electron chi connectivity index (χ1n) is 7.17. The van der Waals surface area contributed by atoms with E-state index in [9.17, 15) is 13.2 Å². The number of carboxylic acids is 1. The van der Waals surface area contributed by atoms with Crippen LogP contribution in [0.25, 0.3) is 0 Å². The number of anilines is 1. The molecule has 122 valence electrons. The highest BCUT2D eigenvalue weighted by atomic mass is 32.2. The number of hydrogen-bond donors (Lipinski definition) is 1. The molecule has 1 unspecified atom stereocenters. The largest absolute Gasteiger partial charge is 0.486 e. The van der Waals surface area contributed by atoms with E-state index in [1.54, 1.807) is 12.1 Å². The summed E-state index contributed by atoms with van der Waals surface area (Å²) in [5.74, 6) is -0.513. The van der Waals surface area contributed by atoms with Crippen molar-refractivity contribution >= 4 is 21.5 Å². The van der Waals surface area contributed by atoms with Crippen LogP contribution < -0.4 is 9.64 Å². The minimum absolute atomic E-state index is 0.0620. The maximum absolute atomic E-state index is 12.2. The second kappa shape index (κ2) is 6.16. The van der Waals surface area contributed by atoms with E-state index in [4.69, 9.17) is 9.84 Å². The van der Waals surface area contributed by atoms with Gasteiger partial charge < -0.3 is 14.7 Å². The van der Waals surface area contributed by atoms with Crippen LogP contribution in [0.15, 0.2) is 23.1 Å². The lowest BCUT2D eigenvalue weighted by molar-refractivity contribution is -0.136. The van der Waals surface area contributed by atoms with Gasteiger partial charge in [0.2, 0.25) is 0 Å². The quantitative estimate of drug-likeness (QED) is 0.887. The van der Waals surface area contributed by atoms with Gasteiger partial charge in [-0.15, -0.1) is 0 Å². The van der Waals surface area contributed by atoms with E-state index in [0.29, 0.717) is 23.9 Å². The second-order valence-corrected chi connectivity index (χ2v) is 7.98. The van der Waals surface area contributed by atoms with Gasteiger partial charge in [-0.1, -0.05) is 13.8 Å². The molecule has 0 fully saturated rings. The standard InChI is InChI=1S/C15H21NO5S/c1-10(2)14-9-16(3)12-8-11(4-5-13(12)21-14)22(19,20)7-6-15(17)18/h4-5,8,10,14H,6-7,9H2,1-3H3,(H,17,18). The summed E-state index contributed by atoms with van der Waals surface area (Å²) in [5.41, 5.74) is 0.716. The minimum atomic E-state index is -3.61. The number of benzene rings is 1. The number of carbonyl (C=O) groups is 1. The van der Waals surface area contributed by atoms with Gasteiger partial charge in [0.15, 0.2) is 9.84 Å². The van der Waals surface area contributed by atoms with Gasteiger partial charge in [-0.05, 0) is 24.1 Å². The molecule has 2 rings (SSSR count). The highest BCUT2D eigenvalue weighted by molar-refractivity contribution is 7.91. The maximum atomic E-state index is 12.2. The Morgan fingerprint density at radius 1 is 1.45 bits per heavy atom. The van der Waals surface area contributed by atoms with Gasteiger partial charge in [0.1, 0.15) is 11.9 Å². The van der Waals surface area contributed by atoms with Crippen LogP contribution in [0.1, 0.15) is 20.3 Å². The smallest absolute Gasteiger partial charge is 0.304 e. The van der Waals surface area contributed by atoms with Crippen LogP contribution in [-0.2, 0) is 14.6 Å². The van der Waals surface area contributed by atoms with E-state index >= 15 is 0 Å². The number of fused-ring (bicyclic) bond motifs is 1. The molecule has 22 heavy (non-hydrogen) atoms. The van der Waals surface area contributed by atoms with Crippen molar-refractivity contribution in [3.05, 3.63) is 18.2 Å². The molecule has 1 aliphatic rings. The van der Waals surface area contributed by atoms with Crippen molar-refractivity contribution < 1.29 is 23.1 Å². The molecule has 0 radical (unpaired) electrons. The second-order valence-electron chi connectivity index (χ2n) is 5.87. The summed E-state index contributed by atoms with van der Waals surface area (Å²) in [7, 11) is -1.71. The van der Waals surface area contributed by atoms with Gasteiger partial charge in [0.25, 0.3) is 0 Å². The Labute approximate surface area is 130 Å². The van der Waals surface area contributed by atoms with Gasteiger partial charge in [-0.2, -0.15) is 0 Å². The number of nitrogens with zero attached hydrogens (tertiary/aromatic N) is 1. The Bertz CT molecular complexity index is 669. The average Bonchev–Trinajstić information content (AvgIpc) is 2.44. The number of ether oxygens (including phenoxy) is 1. The number of hydrogen-bond acceptors (Lipinski definition) is 5. The maximum Gasteiger partial charge on any atom is 0.304 e. The molecular formula is C15H21NO5S. The molecule has 1 aliphatic heterocycles.